The van der Waals surface area contributed by atoms with Gasteiger partial charge in [-0.2, -0.15) is 4.39 Å². The van der Waals surface area contributed by atoms with Gasteiger partial charge in [-0.25, -0.2) is 8.78 Å². The minimum Gasteiger partial charge on any atom is -0.490 e. The molecule has 2 fully saturated rings. The number of rotatable bonds is 14. The van der Waals surface area contributed by atoms with Gasteiger partial charge in [0.15, 0.2) is 11.6 Å². The van der Waals surface area contributed by atoms with Gasteiger partial charge < -0.3 is 4.74 Å². The molecule has 0 radical (unpaired) electrons. The van der Waals surface area contributed by atoms with E-state index in [-0.39, 0.29) is 23.0 Å². The summed E-state index contributed by atoms with van der Waals surface area (Å²) in [6.07, 6.45) is 22.4. The Bertz CT molecular complexity index is 1400. The van der Waals surface area contributed by atoms with Gasteiger partial charge in [-0.1, -0.05) is 94.0 Å². The Morgan fingerprint density at radius 2 is 1.35 bits per heavy atom. The molecule has 0 heterocycles. The van der Waals surface area contributed by atoms with Crippen molar-refractivity contribution >= 4 is 0 Å². The molecule has 248 valence electrons. The Balaban J connectivity index is 1.14. The predicted molar refractivity (Wildman–Crippen MR) is 186 cm³/mol. The lowest BCUT2D eigenvalue weighted by Gasteiger charge is -2.38. The number of benzene rings is 3. The summed E-state index contributed by atoms with van der Waals surface area (Å²) >= 11 is 0. The number of halogens is 3. The summed E-state index contributed by atoms with van der Waals surface area (Å²) < 4.78 is 50.8. The SMILES string of the molecule is CC=CCCC1CCC(C2CCC(c3ccc(-c4ccc(-c5ccc(OCCCCCCC)c(F)c5F)cc4)cc3F)CC2)CC1. The summed E-state index contributed by atoms with van der Waals surface area (Å²) in [5.74, 6) is 0.801. The Morgan fingerprint density at radius 1 is 0.696 bits per heavy atom. The van der Waals surface area contributed by atoms with Crippen LogP contribution in [0.25, 0.3) is 22.3 Å². The molecule has 3 aromatic rings. The summed E-state index contributed by atoms with van der Waals surface area (Å²) in [5, 5.41) is 0. The fourth-order valence-corrected chi connectivity index (χ4v) is 7.98. The molecule has 0 aromatic heterocycles. The van der Waals surface area contributed by atoms with Crippen molar-refractivity contribution in [2.75, 3.05) is 6.61 Å². The van der Waals surface area contributed by atoms with Gasteiger partial charge >= 0.3 is 0 Å². The summed E-state index contributed by atoms with van der Waals surface area (Å²) in [5.41, 5.74) is 3.24. The Kier molecular flexibility index (Phi) is 12.9. The third-order valence-corrected chi connectivity index (χ3v) is 10.8. The first-order valence-corrected chi connectivity index (χ1v) is 18.1. The van der Waals surface area contributed by atoms with E-state index in [1.165, 1.54) is 63.9 Å². The summed E-state index contributed by atoms with van der Waals surface area (Å²) in [6.45, 7) is 4.64. The zero-order chi connectivity index (χ0) is 32.3. The number of hydrogen-bond acceptors (Lipinski definition) is 1. The molecule has 3 aromatic carbocycles. The zero-order valence-corrected chi connectivity index (χ0v) is 28.0. The first kappa shape index (κ1) is 34.3. The average Bonchev–Trinajstić information content (AvgIpc) is 3.09. The van der Waals surface area contributed by atoms with Gasteiger partial charge in [0.2, 0.25) is 5.82 Å². The second-order valence-electron chi connectivity index (χ2n) is 13.9. The van der Waals surface area contributed by atoms with Crippen molar-refractivity contribution in [3.8, 4) is 28.0 Å². The smallest absolute Gasteiger partial charge is 0.201 e. The molecular weight excluding hydrogens is 577 g/mol. The van der Waals surface area contributed by atoms with E-state index in [0.29, 0.717) is 12.2 Å². The number of allylic oxidation sites excluding steroid dienone is 2. The van der Waals surface area contributed by atoms with Crippen LogP contribution in [0.2, 0.25) is 0 Å². The van der Waals surface area contributed by atoms with Crippen molar-refractivity contribution in [1.29, 1.82) is 0 Å². The predicted octanol–water partition coefficient (Wildman–Crippen LogP) is 13.2. The molecule has 0 N–H and O–H groups in total. The van der Waals surface area contributed by atoms with Crippen LogP contribution in [0, 0.1) is 35.2 Å². The fraction of sp³-hybridized carbons (Fsp3) is 0.524. The second kappa shape index (κ2) is 17.2. The van der Waals surface area contributed by atoms with Crippen LogP contribution in [0.4, 0.5) is 13.2 Å². The lowest BCUT2D eigenvalue weighted by molar-refractivity contribution is 0.156. The van der Waals surface area contributed by atoms with E-state index in [2.05, 4.69) is 26.0 Å². The van der Waals surface area contributed by atoms with Gasteiger partial charge in [-0.05, 0) is 129 Å². The molecule has 0 atom stereocenters. The summed E-state index contributed by atoms with van der Waals surface area (Å²) in [6, 6.07) is 15.9. The minimum absolute atomic E-state index is 0.0456. The van der Waals surface area contributed by atoms with Crippen molar-refractivity contribution in [1.82, 2.24) is 0 Å². The van der Waals surface area contributed by atoms with Gasteiger partial charge in [-0.3, -0.25) is 0 Å². The zero-order valence-electron chi connectivity index (χ0n) is 28.0. The van der Waals surface area contributed by atoms with Crippen molar-refractivity contribution in [3.63, 3.8) is 0 Å². The van der Waals surface area contributed by atoms with Crippen LogP contribution in [0.1, 0.15) is 122 Å². The minimum atomic E-state index is -0.954. The van der Waals surface area contributed by atoms with Crippen LogP contribution in [0.15, 0.2) is 66.7 Å². The van der Waals surface area contributed by atoms with E-state index in [0.717, 1.165) is 73.0 Å². The maximum absolute atomic E-state index is 15.5. The van der Waals surface area contributed by atoms with Crippen LogP contribution in [0.5, 0.6) is 5.75 Å². The van der Waals surface area contributed by atoms with E-state index in [4.69, 9.17) is 4.74 Å². The van der Waals surface area contributed by atoms with Crippen LogP contribution in [0.3, 0.4) is 0 Å². The van der Waals surface area contributed by atoms with Gasteiger partial charge in [0.1, 0.15) is 5.82 Å². The Labute approximate surface area is 275 Å². The quantitative estimate of drug-likeness (QED) is 0.127. The van der Waals surface area contributed by atoms with E-state index in [9.17, 15) is 4.39 Å². The van der Waals surface area contributed by atoms with Gasteiger partial charge in [0.25, 0.3) is 0 Å². The van der Waals surface area contributed by atoms with Crippen molar-refractivity contribution in [3.05, 3.63) is 89.8 Å². The average molecular weight is 631 g/mol. The normalized spacial score (nSPS) is 21.9. The molecule has 0 spiro atoms. The van der Waals surface area contributed by atoms with E-state index in [1.807, 2.05) is 24.3 Å². The molecule has 0 amide bonds. The van der Waals surface area contributed by atoms with Crippen LogP contribution < -0.4 is 4.74 Å². The third kappa shape index (κ3) is 8.87. The highest BCUT2D eigenvalue weighted by molar-refractivity contribution is 5.71. The van der Waals surface area contributed by atoms with Gasteiger partial charge in [-0.15, -0.1) is 0 Å². The highest BCUT2D eigenvalue weighted by Gasteiger charge is 2.32. The van der Waals surface area contributed by atoms with E-state index >= 15 is 8.78 Å². The lowest BCUT2D eigenvalue weighted by Crippen LogP contribution is -2.25. The van der Waals surface area contributed by atoms with Crippen molar-refractivity contribution in [2.24, 2.45) is 17.8 Å². The highest BCUT2D eigenvalue weighted by atomic mass is 19.2. The molecule has 4 heteroatoms. The monoisotopic (exact) mass is 630 g/mol. The standard InChI is InChI=1S/C42H53F3O/c1-3-5-7-8-10-28-46-40-27-26-38(41(44)42(40)45)35-22-18-33(19-23-35)36-24-25-37(39(43)29-36)34-20-16-32(17-21-34)31-14-12-30(13-15-31)11-9-6-4-2/h4,6,18-19,22-27,29-32,34H,3,5,7-17,20-21,28H2,1-2H3. The Hall–Kier alpha value is -3.01. The topological polar surface area (TPSA) is 9.23 Å². The van der Waals surface area contributed by atoms with E-state index < -0.39 is 11.6 Å². The molecule has 0 aliphatic heterocycles. The second-order valence-corrected chi connectivity index (χ2v) is 13.9. The molecule has 0 saturated heterocycles. The number of hydrogen-bond donors (Lipinski definition) is 0. The first-order chi connectivity index (χ1) is 22.5. The van der Waals surface area contributed by atoms with Gasteiger partial charge in [0, 0.05) is 5.56 Å². The third-order valence-electron chi connectivity index (χ3n) is 10.8. The van der Waals surface area contributed by atoms with Gasteiger partial charge in [0.05, 0.1) is 6.61 Å². The number of ether oxygens (including phenoxy) is 1. The molecule has 2 aliphatic rings. The first-order valence-electron chi connectivity index (χ1n) is 18.1. The fourth-order valence-electron chi connectivity index (χ4n) is 7.98. The lowest BCUT2D eigenvalue weighted by atomic mass is 9.68. The van der Waals surface area contributed by atoms with Crippen LogP contribution >= 0.6 is 0 Å². The molecule has 2 saturated carbocycles. The van der Waals surface area contributed by atoms with Crippen molar-refractivity contribution < 1.29 is 17.9 Å². The molecule has 1 nitrogen and oxygen atoms in total. The largest absolute Gasteiger partial charge is 0.490 e. The molecule has 46 heavy (non-hydrogen) atoms. The Morgan fingerprint density at radius 3 is 2.02 bits per heavy atom. The maximum atomic E-state index is 15.5. The maximum Gasteiger partial charge on any atom is 0.201 e. The van der Waals surface area contributed by atoms with Crippen LogP contribution in [-0.2, 0) is 0 Å². The molecule has 0 bridgehead atoms. The highest BCUT2D eigenvalue weighted by Crippen LogP contribution is 2.45. The van der Waals surface area contributed by atoms with Crippen LogP contribution in [-0.4, -0.2) is 6.61 Å². The van der Waals surface area contributed by atoms with E-state index in [1.54, 1.807) is 24.3 Å². The molecule has 0 unspecified atom stereocenters. The summed E-state index contributed by atoms with van der Waals surface area (Å²) in [7, 11) is 0. The molecular formula is C42H53F3O. The molecule has 5 rings (SSSR count). The van der Waals surface area contributed by atoms with Crippen molar-refractivity contribution in [2.45, 2.75) is 116 Å². The molecule has 2 aliphatic carbocycles. The number of unbranched alkanes of at least 4 members (excludes halogenated alkanes) is 4. The summed E-state index contributed by atoms with van der Waals surface area (Å²) in [4.78, 5) is 0.